The Hall–Kier alpha value is -2.16. The predicted octanol–water partition coefficient (Wildman–Crippen LogP) is 4.05. The van der Waals surface area contributed by atoms with Crippen LogP contribution < -0.4 is 4.90 Å². The molecule has 1 aromatic rings. The summed E-state index contributed by atoms with van der Waals surface area (Å²) < 4.78 is 13.9. The van der Waals surface area contributed by atoms with E-state index in [2.05, 4.69) is 25.1 Å². The third-order valence-corrected chi connectivity index (χ3v) is 3.53. The van der Waals surface area contributed by atoms with E-state index in [9.17, 15) is 4.39 Å². The molecule has 0 spiro atoms. The number of anilines is 1. The monoisotopic (exact) mass is 270 g/mol. The van der Waals surface area contributed by atoms with Gasteiger partial charge in [-0.1, -0.05) is 37.0 Å². The smallest absolute Gasteiger partial charge is 0.165 e. The zero-order valence-electron chi connectivity index (χ0n) is 11.8. The number of aromatic nitrogens is 1. The van der Waals surface area contributed by atoms with Crippen LogP contribution in [0.3, 0.4) is 0 Å². The summed E-state index contributed by atoms with van der Waals surface area (Å²) in [6.45, 7) is 11.1. The second kappa shape index (κ2) is 6.33. The number of halogens is 1. The average Bonchev–Trinajstić information content (AvgIpc) is 2.46. The van der Waals surface area contributed by atoms with Crippen molar-refractivity contribution in [3.05, 3.63) is 72.3 Å². The summed E-state index contributed by atoms with van der Waals surface area (Å²) in [7, 11) is 0. The molecule has 0 amide bonds. The molecule has 2 rings (SSSR count). The van der Waals surface area contributed by atoms with E-state index < -0.39 is 0 Å². The fourth-order valence-corrected chi connectivity index (χ4v) is 2.41. The molecule has 20 heavy (non-hydrogen) atoms. The minimum Gasteiger partial charge on any atom is -0.350 e. The third kappa shape index (κ3) is 2.87. The average molecular weight is 270 g/mol. The molecule has 0 saturated carbocycles. The molecule has 104 valence electrons. The lowest BCUT2D eigenvalue weighted by atomic mass is 9.94. The van der Waals surface area contributed by atoms with Crippen LogP contribution in [0.1, 0.15) is 13.3 Å². The molecule has 0 aromatic carbocycles. The van der Waals surface area contributed by atoms with Gasteiger partial charge in [0.05, 0.1) is 0 Å². The Morgan fingerprint density at radius 1 is 1.45 bits per heavy atom. The van der Waals surface area contributed by atoms with Crippen LogP contribution in [0.15, 0.2) is 66.4 Å². The van der Waals surface area contributed by atoms with Crippen LogP contribution in [-0.2, 0) is 0 Å². The molecule has 1 aromatic heterocycles. The molecule has 0 fully saturated rings. The summed E-state index contributed by atoms with van der Waals surface area (Å²) in [5, 5.41) is 0. The first-order valence-corrected chi connectivity index (χ1v) is 6.67. The standard InChI is InChI=1S/C17H19FN2/c1-4-7-14(5-2)15-12-20(11-9-13(15)3)17-16(18)8-6-10-19-17/h4-8,10H,1-2,9,11-12H2,3H3. The van der Waals surface area contributed by atoms with E-state index in [1.165, 1.54) is 17.2 Å². The molecule has 1 aliphatic rings. The maximum absolute atomic E-state index is 13.9. The number of nitrogens with zero attached hydrogens (tertiary/aromatic N) is 2. The molecule has 2 heterocycles. The van der Waals surface area contributed by atoms with Gasteiger partial charge in [-0.2, -0.15) is 0 Å². The van der Waals surface area contributed by atoms with Crippen LogP contribution in [0.25, 0.3) is 0 Å². The molecule has 0 unspecified atom stereocenters. The highest BCUT2D eigenvalue weighted by atomic mass is 19.1. The van der Waals surface area contributed by atoms with E-state index in [-0.39, 0.29) is 5.82 Å². The van der Waals surface area contributed by atoms with Crippen molar-refractivity contribution in [2.75, 3.05) is 18.0 Å². The van der Waals surface area contributed by atoms with E-state index >= 15 is 0 Å². The molecule has 2 nitrogen and oxygen atoms in total. The van der Waals surface area contributed by atoms with Crippen molar-refractivity contribution in [2.24, 2.45) is 0 Å². The Morgan fingerprint density at radius 3 is 2.90 bits per heavy atom. The van der Waals surface area contributed by atoms with Gasteiger partial charge in [-0.15, -0.1) is 0 Å². The Balaban J connectivity index is 2.32. The van der Waals surface area contributed by atoms with Crippen LogP contribution in [0.2, 0.25) is 0 Å². The minimum absolute atomic E-state index is 0.278. The summed E-state index contributed by atoms with van der Waals surface area (Å²) in [6.07, 6.45) is 8.02. The minimum atomic E-state index is -0.278. The molecule has 3 heteroatoms. The summed E-state index contributed by atoms with van der Waals surface area (Å²) >= 11 is 0. The SMILES string of the molecule is C=CC=C(C=C)C1=C(C)CCN(c2ncccc2F)C1. The first kappa shape index (κ1) is 14.3. The molecule has 0 radical (unpaired) electrons. The number of hydrogen-bond donors (Lipinski definition) is 0. The molecular weight excluding hydrogens is 251 g/mol. The highest BCUT2D eigenvalue weighted by Crippen LogP contribution is 2.28. The van der Waals surface area contributed by atoms with Crippen LogP contribution in [0.4, 0.5) is 10.2 Å². The van der Waals surface area contributed by atoms with Crippen molar-refractivity contribution < 1.29 is 4.39 Å². The molecule has 0 atom stereocenters. The van der Waals surface area contributed by atoms with Gasteiger partial charge in [0.25, 0.3) is 0 Å². The number of allylic oxidation sites excluding steroid dienone is 3. The van der Waals surface area contributed by atoms with Crippen molar-refractivity contribution in [3.63, 3.8) is 0 Å². The number of rotatable bonds is 4. The molecule has 0 saturated heterocycles. The largest absolute Gasteiger partial charge is 0.350 e. The summed E-state index contributed by atoms with van der Waals surface area (Å²) in [5.74, 6) is 0.138. The van der Waals surface area contributed by atoms with Crippen LogP contribution in [0, 0.1) is 5.82 Å². The van der Waals surface area contributed by atoms with Gasteiger partial charge < -0.3 is 4.90 Å². The Bertz CT molecular complexity index is 584. The van der Waals surface area contributed by atoms with Gasteiger partial charge in [-0.05, 0) is 36.6 Å². The second-order valence-electron chi connectivity index (χ2n) is 4.80. The van der Waals surface area contributed by atoms with Crippen LogP contribution >= 0.6 is 0 Å². The molecule has 0 bridgehead atoms. The molecule has 0 aliphatic carbocycles. The van der Waals surface area contributed by atoms with Gasteiger partial charge in [0.15, 0.2) is 11.6 Å². The lowest BCUT2D eigenvalue weighted by Gasteiger charge is -2.31. The maximum atomic E-state index is 13.9. The van der Waals surface area contributed by atoms with E-state index in [0.717, 1.165) is 18.5 Å². The van der Waals surface area contributed by atoms with E-state index in [4.69, 9.17) is 0 Å². The topological polar surface area (TPSA) is 16.1 Å². The Labute approximate surface area is 119 Å². The summed E-state index contributed by atoms with van der Waals surface area (Å²) in [5.41, 5.74) is 3.53. The lowest BCUT2D eigenvalue weighted by molar-refractivity contribution is 0.607. The van der Waals surface area contributed by atoms with Crippen molar-refractivity contribution >= 4 is 5.82 Å². The number of pyridine rings is 1. The first-order chi connectivity index (χ1) is 9.67. The van der Waals surface area contributed by atoms with Crippen molar-refractivity contribution in [3.8, 4) is 0 Å². The highest BCUT2D eigenvalue weighted by Gasteiger charge is 2.21. The zero-order chi connectivity index (χ0) is 14.5. The summed E-state index contributed by atoms with van der Waals surface area (Å²) in [6, 6.07) is 3.05. The van der Waals surface area contributed by atoms with E-state index in [0.29, 0.717) is 12.4 Å². The second-order valence-corrected chi connectivity index (χ2v) is 4.80. The zero-order valence-corrected chi connectivity index (χ0v) is 11.8. The van der Waals surface area contributed by atoms with Crippen molar-refractivity contribution in [1.29, 1.82) is 0 Å². The van der Waals surface area contributed by atoms with Gasteiger partial charge in [0.2, 0.25) is 0 Å². The predicted molar refractivity (Wildman–Crippen MR) is 82.2 cm³/mol. The van der Waals surface area contributed by atoms with Crippen molar-refractivity contribution in [2.45, 2.75) is 13.3 Å². The highest BCUT2D eigenvalue weighted by molar-refractivity contribution is 5.52. The van der Waals surface area contributed by atoms with Crippen molar-refractivity contribution in [1.82, 2.24) is 4.98 Å². The van der Waals surface area contributed by atoms with Gasteiger partial charge in [-0.25, -0.2) is 9.37 Å². The van der Waals surface area contributed by atoms with Crippen LogP contribution in [-0.4, -0.2) is 18.1 Å². The van der Waals surface area contributed by atoms with Gasteiger partial charge in [0, 0.05) is 19.3 Å². The van der Waals surface area contributed by atoms with E-state index in [1.54, 1.807) is 18.3 Å². The van der Waals surface area contributed by atoms with E-state index in [1.807, 2.05) is 17.1 Å². The molecular formula is C17H19FN2. The van der Waals surface area contributed by atoms with Gasteiger partial charge >= 0.3 is 0 Å². The van der Waals surface area contributed by atoms with Crippen LogP contribution in [0.5, 0.6) is 0 Å². The lowest BCUT2D eigenvalue weighted by Crippen LogP contribution is -2.33. The Morgan fingerprint density at radius 2 is 2.25 bits per heavy atom. The van der Waals surface area contributed by atoms with Gasteiger partial charge in [-0.3, -0.25) is 0 Å². The Kier molecular flexibility index (Phi) is 4.51. The quantitative estimate of drug-likeness (QED) is 0.767. The molecule has 1 aliphatic heterocycles. The first-order valence-electron chi connectivity index (χ1n) is 6.67. The fraction of sp³-hybridized carbons (Fsp3) is 0.235. The maximum Gasteiger partial charge on any atom is 0.165 e. The third-order valence-electron chi connectivity index (χ3n) is 3.53. The van der Waals surface area contributed by atoms with Gasteiger partial charge in [0.1, 0.15) is 0 Å². The number of hydrogen-bond acceptors (Lipinski definition) is 2. The normalized spacial score (nSPS) is 16.3. The summed E-state index contributed by atoms with van der Waals surface area (Å²) in [4.78, 5) is 6.13. The molecule has 0 N–H and O–H groups in total. The fourth-order valence-electron chi connectivity index (χ4n) is 2.41.